The van der Waals surface area contributed by atoms with Crippen LogP contribution in [0.4, 0.5) is 25.3 Å². The number of amides is 1. The molecule has 4 aromatic rings. The monoisotopic (exact) mass is 579 g/mol. The number of thiazole rings is 1. The van der Waals surface area contributed by atoms with E-state index in [0.29, 0.717) is 65.1 Å². The number of hydrogen-bond acceptors (Lipinski definition) is 9. The predicted molar refractivity (Wildman–Crippen MR) is 149 cm³/mol. The van der Waals surface area contributed by atoms with E-state index in [4.69, 9.17) is 10.1 Å². The third kappa shape index (κ3) is 4.48. The average Bonchev–Trinajstić information content (AvgIpc) is 3.52. The Labute approximate surface area is 238 Å². The molecule has 2 N–H and O–H groups in total. The van der Waals surface area contributed by atoms with Gasteiger partial charge in [0, 0.05) is 44.2 Å². The zero-order valence-corrected chi connectivity index (χ0v) is 23.2. The van der Waals surface area contributed by atoms with E-state index in [0.717, 1.165) is 11.4 Å². The molecule has 13 heteroatoms. The highest BCUT2D eigenvalue weighted by Crippen LogP contribution is 2.44. The van der Waals surface area contributed by atoms with Crippen LogP contribution in [0.25, 0.3) is 16.8 Å². The van der Waals surface area contributed by atoms with Gasteiger partial charge in [0.05, 0.1) is 35.4 Å². The zero-order chi connectivity index (χ0) is 29.1. The fourth-order valence-electron chi connectivity index (χ4n) is 5.71. The molecule has 2 saturated heterocycles. The van der Waals surface area contributed by atoms with Crippen molar-refractivity contribution in [3.05, 3.63) is 58.7 Å². The van der Waals surface area contributed by atoms with E-state index >= 15 is 4.39 Å². The van der Waals surface area contributed by atoms with Crippen LogP contribution in [0.1, 0.15) is 17.5 Å². The quantitative estimate of drug-likeness (QED) is 0.343. The van der Waals surface area contributed by atoms with Crippen LogP contribution in [0.5, 0.6) is 0 Å². The van der Waals surface area contributed by atoms with E-state index in [9.17, 15) is 19.6 Å². The number of nitrogens with zero attached hydrogens (tertiary/aromatic N) is 7. The Kier molecular flexibility index (Phi) is 6.64. The van der Waals surface area contributed by atoms with Gasteiger partial charge >= 0.3 is 0 Å². The van der Waals surface area contributed by atoms with Crippen LogP contribution in [0.2, 0.25) is 0 Å². The molecule has 1 unspecified atom stereocenters. The van der Waals surface area contributed by atoms with Gasteiger partial charge in [-0.05, 0) is 36.8 Å². The van der Waals surface area contributed by atoms with Crippen molar-refractivity contribution in [1.82, 2.24) is 19.5 Å². The minimum absolute atomic E-state index is 0.164. The molecule has 5 heterocycles. The standard InChI is InChI=1S/C28H27F2N7O3S/c1-3-19-25(34(2)27-32-24(23(9-31)41-27)16-4-6-17(29)7-5-16)21-8-20(18(30)10-37(21)33-19)35-12-28(13-35)14-36(15-28)26(40)22(39)11-38/h4-8,10,22,38-39H,3,11-15H2,1-2H3. The molecular formula is C28H27F2N7O3S. The number of anilines is 3. The number of aromatic nitrogens is 3. The number of hydrogen-bond donors (Lipinski definition) is 2. The van der Waals surface area contributed by atoms with Crippen molar-refractivity contribution in [1.29, 1.82) is 5.26 Å². The zero-order valence-electron chi connectivity index (χ0n) is 22.4. The number of benzene rings is 1. The second-order valence-electron chi connectivity index (χ2n) is 10.6. The Bertz CT molecular complexity index is 1680. The summed E-state index contributed by atoms with van der Waals surface area (Å²) in [6, 6.07) is 9.77. The van der Waals surface area contributed by atoms with Gasteiger partial charge in [0.15, 0.2) is 17.1 Å². The van der Waals surface area contributed by atoms with E-state index in [1.165, 1.54) is 39.1 Å². The first-order valence-corrected chi connectivity index (χ1v) is 13.9. The topological polar surface area (TPSA) is 121 Å². The van der Waals surface area contributed by atoms with Crippen LogP contribution in [0, 0.1) is 28.4 Å². The molecule has 0 aliphatic carbocycles. The predicted octanol–water partition coefficient (Wildman–Crippen LogP) is 2.94. The lowest BCUT2D eigenvalue weighted by Gasteiger charge is -2.61. The van der Waals surface area contributed by atoms with Gasteiger partial charge < -0.3 is 24.9 Å². The first-order valence-electron chi connectivity index (χ1n) is 13.1. The summed E-state index contributed by atoms with van der Waals surface area (Å²) < 4.78 is 30.3. The Hall–Kier alpha value is -4.12. The minimum atomic E-state index is -1.41. The Morgan fingerprint density at radius 1 is 1.24 bits per heavy atom. The van der Waals surface area contributed by atoms with Crippen molar-refractivity contribution in [2.75, 3.05) is 49.6 Å². The number of likely N-dealkylation sites (tertiary alicyclic amines) is 1. The van der Waals surface area contributed by atoms with E-state index in [1.54, 1.807) is 18.2 Å². The van der Waals surface area contributed by atoms with E-state index in [2.05, 4.69) is 11.2 Å². The molecule has 2 fully saturated rings. The van der Waals surface area contributed by atoms with Crippen LogP contribution in [-0.2, 0) is 11.2 Å². The van der Waals surface area contributed by atoms with Crippen molar-refractivity contribution in [3.8, 4) is 17.3 Å². The van der Waals surface area contributed by atoms with Crippen LogP contribution < -0.4 is 9.80 Å². The van der Waals surface area contributed by atoms with Crippen LogP contribution in [0.15, 0.2) is 36.5 Å². The number of carbonyl (C=O) groups excluding carboxylic acids is 1. The number of pyridine rings is 1. The molecule has 1 aromatic carbocycles. The second kappa shape index (κ2) is 10.1. The molecule has 3 aromatic heterocycles. The second-order valence-corrected chi connectivity index (χ2v) is 11.6. The maximum atomic E-state index is 15.3. The summed E-state index contributed by atoms with van der Waals surface area (Å²) in [5.41, 5.74) is 3.50. The molecule has 6 rings (SSSR count). The van der Waals surface area contributed by atoms with Gasteiger partial charge in [-0.25, -0.2) is 18.3 Å². The number of aliphatic hydroxyl groups is 2. The highest BCUT2D eigenvalue weighted by atomic mass is 32.1. The lowest BCUT2D eigenvalue weighted by Crippen LogP contribution is -2.74. The average molecular weight is 580 g/mol. The summed E-state index contributed by atoms with van der Waals surface area (Å²) in [7, 11) is 1.83. The van der Waals surface area contributed by atoms with Crippen LogP contribution >= 0.6 is 11.3 Å². The van der Waals surface area contributed by atoms with Crippen molar-refractivity contribution in [3.63, 3.8) is 0 Å². The summed E-state index contributed by atoms with van der Waals surface area (Å²) in [5.74, 6) is -1.29. The first-order chi connectivity index (χ1) is 19.7. The number of nitriles is 1. The maximum absolute atomic E-state index is 15.3. The Morgan fingerprint density at radius 2 is 1.95 bits per heavy atom. The molecule has 10 nitrogen and oxygen atoms in total. The minimum Gasteiger partial charge on any atom is -0.393 e. The summed E-state index contributed by atoms with van der Waals surface area (Å²) in [4.78, 5) is 22.5. The molecule has 1 atom stereocenters. The fourth-order valence-corrected chi connectivity index (χ4v) is 6.56. The number of rotatable bonds is 7. The molecule has 1 spiro atoms. The number of halogens is 2. The molecule has 212 valence electrons. The Balaban J connectivity index is 1.29. The lowest BCUT2D eigenvalue weighted by molar-refractivity contribution is -0.156. The smallest absolute Gasteiger partial charge is 0.253 e. The molecule has 1 amide bonds. The van der Waals surface area contributed by atoms with E-state index in [-0.39, 0.29) is 11.2 Å². The van der Waals surface area contributed by atoms with Gasteiger partial charge in [-0.3, -0.25) is 4.79 Å². The first kappa shape index (κ1) is 27.1. The summed E-state index contributed by atoms with van der Waals surface area (Å²) in [6.07, 6.45) is 0.519. The molecule has 0 bridgehead atoms. The highest BCUT2D eigenvalue weighted by Gasteiger charge is 2.54. The molecule has 2 aliphatic rings. The number of carbonyl (C=O) groups is 1. The molecule has 0 radical (unpaired) electrons. The van der Waals surface area contributed by atoms with Crippen LogP contribution in [-0.4, -0.2) is 81.6 Å². The third-order valence-corrected chi connectivity index (χ3v) is 8.79. The molecule has 41 heavy (non-hydrogen) atoms. The molecule has 2 aliphatic heterocycles. The van der Waals surface area contributed by atoms with E-state index < -0.39 is 24.4 Å². The van der Waals surface area contributed by atoms with Crippen LogP contribution in [0.3, 0.4) is 0 Å². The van der Waals surface area contributed by atoms with Gasteiger partial charge in [-0.2, -0.15) is 10.4 Å². The van der Waals surface area contributed by atoms with Gasteiger partial charge in [-0.15, -0.1) is 0 Å². The summed E-state index contributed by atoms with van der Waals surface area (Å²) in [6.45, 7) is 3.35. The van der Waals surface area contributed by atoms with E-state index in [1.807, 2.05) is 23.8 Å². The highest BCUT2D eigenvalue weighted by molar-refractivity contribution is 7.16. The van der Waals surface area contributed by atoms with Gasteiger partial charge in [0.25, 0.3) is 5.91 Å². The fraction of sp³-hybridized carbons (Fsp3) is 0.357. The Morgan fingerprint density at radius 3 is 2.59 bits per heavy atom. The summed E-state index contributed by atoms with van der Waals surface area (Å²) >= 11 is 1.21. The summed E-state index contributed by atoms with van der Waals surface area (Å²) in [5, 5.41) is 33.6. The lowest BCUT2D eigenvalue weighted by atomic mass is 9.72. The van der Waals surface area contributed by atoms with Gasteiger partial charge in [0.2, 0.25) is 0 Å². The SMILES string of the molecule is CCc1nn2cc(F)c(N3CC4(CN(C(=O)C(O)CO)C4)C3)cc2c1N(C)c1nc(-c2ccc(F)cc2)c(C#N)s1. The third-order valence-electron chi connectivity index (χ3n) is 7.75. The number of fused-ring (bicyclic) bond motifs is 1. The van der Waals surface area contributed by atoms with Gasteiger partial charge in [0.1, 0.15) is 22.5 Å². The van der Waals surface area contributed by atoms with Crippen molar-refractivity contribution < 1.29 is 23.8 Å². The number of aliphatic hydroxyl groups excluding tert-OH is 2. The van der Waals surface area contributed by atoms with Crippen molar-refractivity contribution in [2.24, 2.45) is 5.41 Å². The van der Waals surface area contributed by atoms with Crippen molar-refractivity contribution >= 4 is 39.3 Å². The normalized spacial score (nSPS) is 16.4. The van der Waals surface area contributed by atoms with Gasteiger partial charge in [-0.1, -0.05) is 18.3 Å². The largest absolute Gasteiger partial charge is 0.393 e. The number of aryl methyl sites for hydroxylation is 1. The molecule has 0 saturated carbocycles. The molecular weight excluding hydrogens is 552 g/mol. The van der Waals surface area contributed by atoms with Crippen molar-refractivity contribution in [2.45, 2.75) is 19.4 Å². The maximum Gasteiger partial charge on any atom is 0.253 e.